The number of para-hydroxylation sites is 2. The summed E-state index contributed by atoms with van der Waals surface area (Å²) in [7, 11) is 0. The summed E-state index contributed by atoms with van der Waals surface area (Å²) in [6, 6.07) is 10.9. The molecule has 3 rings (SSSR count). The Morgan fingerprint density at radius 3 is 2.90 bits per heavy atom. The Bertz CT molecular complexity index is 698. The second-order valence-corrected chi connectivity index (χ2v) is 4.89. The second-order valence-electron chi connectivity index (χ2n) is 4.89. The minimum atomic E-state index is -0.262. The molecule has 5 heteroatoms. The Labute approximate surface area is 122 Å². The minimum Gasteiger partial charge on any atom is -0.469 e. The summed E-state index contributed by atoms with van der Waals surface area (Å²) in [5.74, 6) is 1.27. The third kappa shape index (κ3) is 3.13. The van der Waals surface area contributed by atoms with Crippen LogP contribution in [0, 0.1) is 0 Å². The molecule has 108 valence electrons. The summed E-state index contributed by atoms with van der Waals surface area (Å²) < 4.78 is 10.8. The lowest BCUT2D eigenvalue weighted by Gasteiger charge is -2.09. The van der Waals surface area contributed by atoms with Gasteiger partial charge in [0, 0.05) is 12.8 Å². The van der Waals surface area contributed by atoms with Crippen LogP contribution in [-0.4, -0.2) is 10.9 Å². The van der Waals surface area contributed by atoms with Crippen molar-refractivity contribution in [1.29, 1.82) is 0 Å². The van der Waals surface area contributed by atoms with Crippen molar-refractivity contribution in [1.82, 2.24) is 10.3 Å². The Kier molecular flexibility index (Phi) is 3.73. The maximum Gasteiger partial charge on any atom is 0.221 e. The molecule has 3 aromatic rings. The number of nitrogens with one attached hydrogen (secondary N) is 1. The highest BCUT2D eigenvalue weighted by molar-refractivity contribution is 5.77. The molecule has 21 heavy (non-hydrogen) atoms. The minimum absolute atomic E-state index is 0.0545. The van der Waals surface area contributed by atoms with Crippen LogP contribution in [0.5, 0.6) is 0 Å². The molecule has 0 aliphatic heterocycles. The van der Waals surface area contributed by atoms with E-state index in [-0.39, 0.29) is 11.9 Å². The molecule has 0 bridgehead atoms. The van der Waals surface area contributed by atoms with Crippen LogP contribution in [0.3, 0.4) is 0 Å². The highest BCUT2D eigenvalue weighted by Crippen LogP contribution is 2.19. The fourth-order valence-corrected chi connectivity index (χ4v) is 2.14. The molecule has 0 aliphatic carbocycles. The lowest BCUT2D eigenvalue weighted by atomic mass is 10.2. The zero-order chi connectivity index (χ0) is 14.7. The van der Waals surface area contributed by atoms with Gasteiger partial charge in [0.2, 0.25) is 11.8 Å². The van der Waals surface area contributed by atoms with Crippen molar-refractivity contribution in [3.8, 4) is 0 Å². The van der Waals surface area contributed by atoms with E-state index in [0.29, 0.717) is 18.7 Å². The molecular formula is C16H16N2O3. The molecule has 0 saturated heterocycles. The molecule has 0 saturated carbocycles. The highest BCUT2D eigenvalue weighted by atomic mass is 16.3. The lowest BCUT2D eigenvalue weighted by molar-refractivity contribution is -0.121. The molecule has 1 unspecified atom stereocenters. The number of hydrogen-bond donors (Lipinski definition) is 1. The van der Waals surface area contributed by atoms with Gasteiger partial charge in [-0.1, -0.05) is 12.1 Å². The van der Waals surface area contributed by atoms with Crippen LogP contribution in [0.25, 0.3) is 11.1 Å². The number of rotatable bonds is 5. The van der Waals surface area contributed by atoms with Gasteiger partial charge in [0.25, 0.3) is 0 Å². The first-order valence-electron chi connectivity index (χ1n) is 6.89. The van der Waals surface area contributed by atoms with E-state index in [1.807, 2.05) is 43.3 Å². The molecule has 0 radical (unpaired) electrons. The van der Waals surface area contributed by atoms with E-state index in [0.717, 1.165) is 16.9 Å². The van der Waals surface area contributed by atoms with Gasteiger partial charge in [0.15, 0.2) is 5.58 Å². The van der Waals surface area contributed by atoms with Gasteiger partial charge >= 0.3 is 0 Å². The van der Waals surface area contributed by atoms with E-state index in [9.17, 15) is 4.79 Å². The van der Waals surface area contributed by atoms with Crippen molar-refractivity contribution in [3.05, 3.63) is 54.3 Å². The number of fused-ring (bicyclic) bond motifs is 1. The fourth-order valence-electron chi connectivity index (χ4n) is 2.14. The first-order chi connectivity index (χ1) is 10.2. The van der Waals surface area contributed by atoms with Gasteiger partial charge in [-0.25, -0.2) is 4.98 Å². The number of oxazole rings is 1. The third-order valence-corrected chi connectivity index (χ3v) is 3.24. The molecule has 2 aromatic heterocycles. The molecule has 0 fully saturated rings. The average Bonchev–Trinajstić information content (AvgIpc) is 3.14. The van der Waals surface area contributed by atoms with E-state index in [1.54, 1.807) is 6.26 Å². The quantitative estimate of drug-likeness (QED) is 0.781. The molecule has 5 nitrogen and oxygen atoms in total. The first-order valence-corrected chi connectivity index (χ1v) is 6.89. The average molecular weight is 284 g/mol. The maximum atomic E-state index is 11.9. The van der Waals surface area contributed by atoms with Gasteiger partial charge in [-0.05, 0) is 31.2 Å². The molecule has 0 aliphatic rings. The first kappa shape index (κ1) is 13.4. The van der Waals surface area contributed by atoms with Gasteiger partial charge in [-0.2, -0.15) is 0 Å². The van der Waals surface area contributed by atoms with Crippen molar-refractivity contribution < 1.29 is 13.6 Å². The second kappa shape index (κ2) is 5.83. The monoisotopic (exact) mass is 284 g/mol. The number of carbonyl (C=O) groups excluding carboxylic acids is 1. The van der Waals surface area contributed by atoms with Crippen LogP contribution >= 0.6 is 0 Å². The van der Waals surface area contributed by atoms with E-state index < -0.39 is 0 Å². The summed E-state index contributed by atoms with van der Waals surface area (Å²) in [6.45, 7) is 1.86. The lowest BCUT2D eigenvalue weighted by Crippen LogP contribution is -2.26. The van der Waals surface area contributed by atoms with Crippen LogP contribution in [0.1, 0.15) is 31.0 Å². The number of aryl methyl sites for hydroxylation is 1. The topological polar surface area (TPSA) is 68.3 Å². The maximum absolute atomic E-state index is 11.9. The Morgan fingerprint density at radius 1 is 1.29 bits per heavy atom. The summed E-state index contributed by atoms with van der Waals surface area (Å²) in [5.41, 5.74) is 1.52. The molecule has 1 aromatic carbocycles. The molecule has 1 amide bonds. The number of nitrogens with zero attached hydrogens (tertiary/aromatic N) is 1. The van der Waals surface area contributed by atoms with E-state index in [2.05, 4.69) is 10.3 Å². The molecule has 0 spiro atoms. The van der Waals surface area contributed by atoms with Crippen LogP contribution in [0.2, 0.25) is 0 Å². The Morgan fingerprint density at radius 2 is 2.14 bits per heavy atom. The largest absolute Gasteiger partial charge is 0.469 e. The van der Waals surface area contributed by atoms with Gasteiger partial charge in [-0.15, -0.1) is 0 Å². The number of amides is 1. The zero-order valence-electron chi connectivity index (χ0n) is 11.7. The predicted molar refractivity (Wildman–Crippen MR) is 77.6 cm³/mol. The highest BCUT2D eigenvalue weighted by Gasteiger charge is 2.15. The number of hydrogen-bond acceptors (Lipinski definition) is 4. The summed E-state index contributed by atoms with van der Waals surface area (Å²) in [6.07, 6.45) is 2.56. The van der Waals surface area contributed by atoms with Crippen molar-refractivity contribution >= 4 is 17.0 Å². The summed E-state index contributed by atoms with van der Waals surface area (Å²) >= 11 is 0. The van der Waals surface area contributed by atoms with Crippen LogP contribution in [-0.2, 0) is 11.2 Å². The van der Waals surface area contributed by atoms with E-state index in [4.69, 9.17) is 8.83 Å². The van der Waals surface area contributed by atoms with Crippen LogP contribution in [0.15, 0.2) is 51.5 Å². The molecule has 1 atom stereocenters. The normalized spacial score (nSPS) is 12.4. The SMILES string of the molecule is CC(NC(=O)CCc1ccco1)c1nc2ccccc2o1. The van der Waals surface area contributed by atoms with Gasteiger partial charge < -0.3 is 14.2 Å². The van der Waals surface area contributed by atoms with Crippen LogP contribution < -0.4 is 5.32 Å². The molecule has 2 heterocycles. The summed E-state index contributed by atoms with van der Waals surface area (Å²) in [5, 5.41) is 2.88. The molecular weight excluding hydrogens is 268 g/mol. The number of furan rings is 1. The van der Waals surface area contributed by atoms with Crippen LogP contribution in [0.4, 0.5) is 0 Å². The summed E-state index contributed by atoms with van der Waals surface area (Å²) in [4.78, 5) is 16.3. The Hall–Kier alpha value is -2.56. The predicted octanol–water partition coefficient (Wildman–Crippen LogP) is 3.23. The van der Waals surface area contributed by atoms with E-state index >= 15 is 0 Å². The molecule has 1 N–H and O–H groups in total. The zero-order valence-corrected chi connectivity index (χ0v) is 11.7. The van der Waals surface area contributed by atoms with Crippen molar-refractivity contribution in [2.75, 3.05) is 0 Å². The fraction of sp³-hybridized carbons (Fsp3) is 0.250. The van der Waals surface area contributed by atoms with Crippen molar-refractivity contribution in [2.45, 2.75) is 25.8 Å². The van der Waals surface area contributed by atoms with Gasteiger partial charge in [0.05, 0.1) is 6.26 Å². The standard InChI is InChI=1S/C16H16N2O3/c1-11(16-18-13-6-2-3-7-14(13)21-16)17-15(19)9-8-12-5-4-10-20-12/h2-7,10-11H,8-9H2,1H3,(H,17,19). The van der Waals surface area contributed by atoms with Crippen molar-refractivity contribution in [2.24, 2.45) is 0 Å². The Balaban J connectivity index is 1.60. The number of carbonyl (C=O) groups is 1. The van der Waals surface area contributed by atoms with Crippen molar-refractivity contribution in [3.63, 3.8) is 0 Å². The van der Waals surface area contributed by atoms with Gasteiger partial charge in [-0.3, -0.25) is 4.79 Å². The third-order valence-electron chi connectivity index (χ3n) is 3.24. The smallest absolute Gasteiger partial charge is 0.221 e. The number of benzene rings is 1. The van der Waals surface area contributed by atoms with E-state index in [1.165, 1.54) is 0 Å². The number of aromatic nitrogens is 1. The van der Waals surface area contributed by atoms with Gasteiger partial charge in [0.1, 0.15) is 17.3 Å².